The first-order valence-corrected chi connectivity index (χ1v) is 5.75. The van der Waals surface area contributed by atoms with Crippen LogP contribution in [0.3, 0.4) is 0 Å². The van der Waals surface area contributed by atoms with Gasteiger partial charge >= 0.3 is 0 Å². The van der Waals surface area contributed by atoms with E-state index in [-0.39, 0.29) is 5.91 Å². The Morgan fingerprint density at radius 1 is 1.38 bits per heavy atom. The number of nitrogens with one attached hydrogen (secondary N) is 2. The van der Waals surface area contributed by atoms with Gasteiger partial charge in [-0.3, -0.25) is 4.79 Å². The number of carbonyl (C=O) groups is 1. The monoisotopic (exact) mass is 218 g/mol. The van der Waals surface area contributed by atoms with Crippen molar-refractivity contribution < 1.29 is 4.79 Å². The molecule has 2 rings (SSSR count). The van der Waals surface area contributed by atoms with Crippen LogP contribution >= 0.6 is 0 Å². The van der Waals surface area contributed by atoms with E-state index < -0.39 is 0 Å². The molecule has 0 heterocycles. The summed E-state index contributed by atoms with van der Waals surface area (Å²) < 4.78 is 0. The van der Waals surface area contributed by atoms with Crippen molar-refractivity contribution >= 4 is 11.6 Å². The van der Waals surface area contributed by atoms with Crippen molar-refractivity contribution in [3.8, 4) is 0 Å². The second kappa shape index (κ2) is 4.56. The number of hydrogen-bond acceptors (Lipinski definition) is 2. The summed E-state index contributed by atoms with van der Waals surface area (Å²) in [4.78, 5) is 11.5. The van der Waals surface area contributed by atoms with Crippen LogP contribution in [-0.4, -0.2) is 18.5 Å². The van der Waals surface area contributed by atoms with Crippen LogP contribution in [0.4, 0.5) is 5.69 Å². The molecule has 0 unspecified atom stereocenters. The number of benzene rings is 1. The van der Waals surface area contributed by atoms with Gasteiger partial charge in [0.2, 0.25) is 5.91 Å². The van der Waals surface area contributed by atoms with Crippen LogP contribution in [0.1, 0.15) is 24.0 Å². The van der Waals surface area contributed by atoms with Crippen LogP contribution in [0.2, 0.25) is 0 Å². The maximum Gasteiger partial charge on any atom is 0.239 e. The number of carbonyl (C=O) groups excluding carboxylic acids is 1. The normalized spacial score (nSPS) is 14.6. The molecule has 0 aromatic heterocycles. The Bertz CT molecular complexity index is 397. The van der Waals surface area contributed by atoms with Crippen LogP contribution in [-0.2, 0) is 4.79 Å². The molecule has 86 valence electrons. The molecular formula is C13H18N2O. The summed E-state index contributed by atoms with van der Waals surface area (Å²) in [6.45, 7) is 4.48. The maximum atomic E-state index is 11.5. The molecule has 3 heteroatoms. The number of amides is 1. The summed E-state index contributed by atoms with van der Waals surface area (Å²) in [5, 5.41) is 6.11. The molecule has 1 aliphatic carbocycles. The van der Waals surface area contributed by atoms with E-state index in [2.05, 4.69) is 23.6 Å². The number of anilines is 1. The summed E-state index contributed by atoms with van der Waals surface area (Å²) >= 11 is 0. The highest BCUT2D eigenvalue weighted by atomic mass is 16.2. The van der Waals surface area contributed by atoms with Crippen molar-refractivity contribution in [1.29, 1.82) is 0 Å². The van der Waals surface area contributed by atoms with Gasteiger partial charge in [0.25, 0.3) is 0 Å². The van der Waals surface area contributed by atoms with Gasteiger partial charge in [0.15, 0.2) is 0 Å². The molecule has 0 atom stereocenters. The predicted octanol–water partition coefficient (Wildman–Crippen LogP) is 1.99. The van der Waals surface area contributed by atoms with Crippen LogP contribution in [0.25, 0.3) is 0 Å². The molecule has 0 radical (unpaired) electrons. The third kappa shape index (κ3) is 2.99. The lowest BCUT2D eigenvalue weighted by molar-refractivity contribution is -0.119. The average Bonchev–Trinajstić information content (AvgIpc) is 3.00. The highest BCUT2D eigenvalue weighted by molar-refractivity contribution is 5.81. The van der Waals surface area contributed by atoms with E-state index in [1.807, 2.05) is 19.1 Å². The predicted molar refractivity (Wildman–Crippen MR) is 65.6 cm³/mol. The largest absolute Gasteiger partial charge is 0.376 e. The summed E-state index contributed by atoms with van der Waals surface area (Å²) in [7, 11) is 0. The van der Waals surface area contributed by atoms with Gasteiger partial charge in [-0.25, -0.2) is 0 Å². The molecule has 1 saturated carbocycles. The first-order valence-electron chi connectivity index (χ1n) is 5.75. The van der Waals surface area contributed by atoms with Crippen molar-refractivity contribution in [1.82, 2.24) is 5.32 Å². The molecule has 3 nitrogen and oxygen atoms in total. The average molecular weight is 218 g/mol. The lowest BCUT2D eigenvalue weighted by Crippen LogP contribution is -2.31. The zero-order valence-corrected chi connectivity index (χ0v) is 9.84. The zero-order valence-electron chi connectivity index (χ0n) is 9.84. The third-order valence-corrected chi connectivity index (χ3v) is 2.76. The maximum absolute atomic E-state index is 11.5. The zero-order chi connectivity index (χ0) is 11.5. The molecule has 0 spiro atoms. The Labute approximate surface area is 96.2 Å². The van der Waals surface area contributed by atoms with Gasteiger partial charge < -0.3 is 10.6 Å². The summed E-state index contributed by atoms with van der Waals surface area (Å²) in [5.41, 5.74) is 3.46. The van der Waals surface area contributed by atoms with E-state index in [1.54, 1.807) is 0 Å². The van der Waals surface area contributed by atoms with Gasteiger partial charge in [0, 0.05) is 11.7 Å². The number of rotatable bonds is 4. The van der Waals surface area contributed by atoms with E-state index in [0.29, 0.717) is 12.6 Å². The van der Waals surface area contributed by atoms with Crippen LogP contribution in [0.5, 0.6) is 0 Å². The van der Waals surface area contributed by atoms with E-state index in [1.165, 1.54) is 11.1 Å². The molecule has 1 aliphatic rings. The number of hydrogen-bond donors (Lipinski definition) is 2. The molecule has 0 saturated heterocycles. The molecule has 2 N–H and O–H groups in total. The lowest BCUT2D eigenvalue weighted by Gasteiger charge is -2.10. The topological polar surface area (TPSA) is 41.1 Å². The van der Waals surface area contributed by atoms with Crippen molar-refractivity contribution in [3.05, 3.63) is 29.3 Å². The molecule has 1 aromatic carbocycles. The van der Waals surface area contributed by atoms with Gasteiger partial charge in [0.1, 0.15) is 0 Å². The van der Waals surface area contributed by atoms with E-state index in [4.69, 9.17) is 0 Å². The summed E-state index contributed by atoms with van der Waals surface area (Å²) in [5.74, 6) is 0.0856. The fourth-order valence-electron chi connectivity index (χ4n) is 1.69. The Balaban J connectivity index is 1.85. The minimum atomic E-state index is 0.0856. The van der Waals surface area contributed by atoms with Gasteiger partial charge in [-0.05, 0) is 38.3 Å². The van der Waals surface area contributed by atoms with Crippen molar-refractivity contribution in [2.24, 2.45) is 0 Å². The van der Waals surface area contributed by atoms with Gasteiger partial charge in [-0.1, -0.05) is 17.7 Å². The van der Waals surface area contributed by atoms with E-state index >= 15 is 0 Å². The Kier molecular flexibility index (Phi) is 3.13. The fourth-order valence-corrected chi connectivity index (χ4v) is 1.69. The highest BCUT2D eigenvalue weighted by Crippen LogP contribution is 2.18. The lowest BCUT2D eigenvalue weighted by atomic mass is 10.1. The second-order valence-electron chi connectivity index (χ2n) is 4.51. The smallest absolute Gasteiger partial charge is 0.239 e. The van der Waals surface area contributed by atoms with Crippen LogP contribution in [0, 0.1) is 13.8 Å². The molecular weight excluding hydrogens is 200 g/mol. The van der Waals surface area contributed by atoms with Crippen molar-refractivity contribution in [2.75, 3.05) is 11.9 Å². The molecule has 0 aliphatic heterocycles. The molecule has 1 fully saturated rings. The SMILES string of the molecule is Cc1ccc(NCC(=O)NC2CC2)c(C)c1. The Hall–Kier alpha value is -1.51. The summed E-state index contributed by atoms with van der Waals surface area (Å²) in [6, 6.07) is 6.62. The first-order chi connectivity index (χ1) is 7.65. The van der Waals surface area contributed by atoms with Crippen LogP contribution < -0.4 is 10.6 Å². The van der Waals surface area contributed by atoms with Crippen molar-refractivity contribution in [2.45, 2.75) is 32.7 Å². The van der Waals surface area contributed by atoms with Gasteiger partial charge in [-0.2, -0.15) is 0 Å². The minimum Gasteiger partial charge on any atom is -0.376 e. The van der Waals surface area contributed by atoms with E-state index in [0.717, 1.165) is 18.5 Å². The standard InChI is InChI=1S/C13H18N2O/c1-9-3-6-12(10(2)7-9)14-8-13(16)15-11-4-5-11/h3,6-7,11,14H,4-5,8H2,1-2H3,(H,15,16). The van der Waals surface area contributed by atoms with E-state index in [9.17, 15) is 4.79 Å². The first kappa shape index (κ1) is 11.0. The molecule has 1 amide bonds. The molecule has 0 bridgehead atoms. The second-order valence-corrected chi connectivity index (χ2v) is 4.51. The fraction of sp³-hybridized carbons (Fsp3) is 0.462. The van der Waals surface area contributed by atoms with Gasteiger partial charge in [-0.15, -0.1) is 0 Å². The molecule has 16 heavy (non-hydrogen) atoms. The minimum absolute atomic E-state index is 0.0856. The number of aryl methyl sites for hydroxylation is 2. The quantitative estimate of drug-likeness (QED) is 0.811. The highest BCUT2D eigenvalue weighted by Gasteiger charge is 2.22. The summed E-state index contributed by atoms with van der Waals surface area (Å²) in [6.07, 6.45) is 2.27. The molecule has 1 aromatic rings. The third-order valence-electron chi connectivity index (χ3n) is 2.76. The Morgan fingerprint density at radius 2 is 2.12 bits per heavy atom. The van der Waals surface area contributed by atoms with Crippen LogP contribution in [0.15, 0.2) is 18.2 Å². The Morgan fingerprint density at radius 3 is 2.75 bits per heavy atom. The van der Waals surface area contributed by atoms with Gasteiger partial charge in [0.05, 0.1) is 6.54 Å². The van der Waals surface area contributed by atoms with Crippen molar-refractivity contribution in [3.63, 3.8) is 0 Å².